The van der Waals surface area contributed by atoms with Crippen LogP contribution in [-0.2, 0) is 17.9 Å². The van der Waals surface area contributed by atoms with E-state index in [-0.39, 0.29) is 24.0 Å². The van der Waals surface area contributed by atoms with Gasteiger partial charge in [0.25, 0.3) is 0 Å². The van der Waals surface area contributed by atoms with Crippen LogP contribution in [0, 0.1) is 0 Å². The molecule has 6 heteroatoms. The third-order valence-electron chi connectivity index (χ3n) is 4.06. The summed E-state index contributed by atoms with van der Waals surface area (Å²) in [5.74, 6) is 1.70. The standard InChI is InChI=1S/C22H31N3O2.HI/c1-3-23-22(25-17-20-13-7-8-14-21(20)26-2)24-15-9-10-16-27-18-19-11-5-4-6-12-19;/h4-8,11-14H,3,9-10,15-18H2,1-2H3,(H2,23,24,25);1H. The van der Waals surface area contributed by atoms with Crippen LogP contribution in [0.15, 0.2) is 59.6 Å². The molecule has 28 heavy (non-hydrogen) atoms. The lowest BCUT2D eigenvalue weighted by Gasteiger charge is -2.12. The number of unbranched alkanes of at least 4 members (excludes halogenated alkanes) is 1. The van der Waals surface area contributed by atoms with E-state index in [9.17, 15) is 0 Å². The van der Waals surface area contributed by atoms with E-state index in [1.54, 1.807) is 7.11 Å². The van der Waals surface area contributed by atoms with E-state index < -0.39 is 0 Å². The number of para-hydroxylation sites is 1. The smallest absolute Gasteiger partial charge is 0.191 e. The molecule has 0 heterocycles. The van der Waals surface area contributed by atoms with Gasteiger partial charge in [0.1, 0.15) is 5.75 Å². The zero-order valence-electron chi connectivity index (χ0n) is 16.8. The van der Waals surface area contributed by atoms with Crippen LogP contribution in [0.4, 0.5) is 0 Å². The lowest BCUT2D eigenvalue weighted by molar-refractivity contribution is 0.117. The maximum absolute atomic E-state index is 5.72. The van der Waals surface area contributed by atoms with Crippen molar-refractivity contribution in [3.63, 3.8) is 0 Å². The molecule has 0 aliphatic heterocycles. The molecular weight excluding hydrogens is 465 g/mol. The number of hydrogen-bond acceptors (Lipinski definition) is 3. The van der Waals surface area contributed by atoms with Crippen LogP contribution in [0.1, 0.15) is 30.9 Å². The number of guanidine groups is 1. The van der Waals surface area contributed by atoms with Crippen molar-refractivity contribution in [3.05, 3.63) is 65.7 Å². The van der Waals surface area contributed by atoms with Crippen LogP contribution < -0.4 is 15.4 Å². The minimum Gasteiger partial charge on any atom is -0.496 e. The van der Waals surface area contributed by atoms with Gasteiger partial charge in [-0.1, -0.05) is 48.5 Å². The molecule has 154 valence electrons. The Balaban J connectivity index is 0.00000392. The van der Waals surface area contributed by atoms with Crippen molar-refractivity contribution in [1.82, 2.24) is 10.6 Å². The Labute approximate surface area is 186 Å². The van der Waals surface area contributed by atoms with Gasteiger partial charge in [-0.05, 0) is 31.4 Å². The minimum absolute atomic E-state index is 0. The second kappa shape index (κ2) is 15.2. The summed E-state index contributed by atoms with van der Waals surface area (Å²) in [5, 5.41) is 6.66. The Morgan fingerprint density at radius 3 is 2.46 bits per heavy atom. The number of methoxy groups -OCH3 is 1. The molecule has 5 nitrogen and oxygen atoms in total. The van der Waals surface area contributed by atoms with E-state index in [0.717, 1.165) is 49.8 Å². The maximum atomic E-state index is 5.72. The number of rotatable bonds is 11. The molecule has 0 amide bonds. The molecule has 0 fully saturated rings. The summed E-state index contributed by atoms with van der Waals surface area (Å²) in [5.41, 5.74) is 2.29. The zero-order chi connectivity index (χ0) is 19.2. The molecule has 0 atom stereocenters. The van der Waals surface area contributed by atoms with Gasteiger partial charge in [-0.2, -0.15) is 0 Å². The van der Waals surface area contributed by atoms with E-state index in [0.29, 0.717) is 13.2 Å². The van der Waals surface area contributed by atoms with Crippen LogP contribution >= 0.6 is 24.0 Å². The molecule has 0 aliphatic carbocycles. The van der Waals surface area contributed by atoms with E-state index in [4.69, 9.17) is 9.47 Å². The molecule has 2 rings (SSSR count). The van der Waals surface area contributed by atoms with Gasteiger partial charge in [-0.25, -0.2) is 4.99 Å². The summed E-state index contributed by atoms with van der Waals surface area (Å²) >= 11 is 0. The van der Waals surface area contributed by atoms with Gasteiger partial charge in [0.2, 0.25) is 0 Å². The fourth-order valence-electron chi connectivity index (χ4n) is 2.64. The molecule has 0 saturated carbocycles. The predicted molar refractivity (Wildman–Crippen MR) is 127 cm³/mol. The number of halogens is 1. The number of nitrogens with zero attached hydrogens (tertiary/aromatic N) is 1. The number of hydrogen-bond donors (Lipinski definition) is 2. The van der Waals surface area contributed by atoms with Gasteiger partial charge in [0.05, 0.1) is 20.3 Å². The molecule has 0 spiro atoms. The molecule has 2 aromatic carbocycles. The number of ether oxygens (including phenoxy) is 2. The van der Waals surface area contributed by atoms with Gasteiger partial charge < -0.3 is 20.1 Å². The SMILES string of the molecule is CCNC(=NCc1ccccc1OC)NCCCCOCc1ccccc1.I. The average molecular weight is 497 g/mol. The van der Waals surface area contributed by atoms with Crippen molar-refractivity contribution in [1.29, 1.82) is 0 Å². The molecule has 0 saturated heterocycles. The summed E-state index contributed by atoms with van der Waals surface area (Å²) in [6.07, 6.45) is 2.06. The molecule has 0 unspecified atom stereocenters. The highest BCUT2D eigenvalue weighted by Gasteiger charge is 2.02. The molecule has 2 N–H and O–H groups in total. The van der Waals surface area contributed by atoms with E-state index in [2.05, 4.69) is 34.7 Å². The largest absolute Gasteiger partial charge is 0.496 e. The topological polar surface area (TPSA) is 54.9 Å². The molecule has 0 aromatic heterocycles. The minimum atomic E-state index is 0. The third-order valence-corrected chi connectivity index (χ3v) is 4.06. The number of nitrogens with one attached hydrogen (secondary N) is 2. The van der Waals surface area contributed by atoms with Gasteiger partial charge in [-0.15, -0.1) is 24.0 Å². The number of aliphatic imine (C=N–C) groups is 1. The maximum Gasteiger partial charge on any atom is 0.191 e. The monoisotopic (exact) mass is 497 g/mol. The highest BCUT2D eigenvalue weighted by Crippen LogP contribution is 2.17. The lowest BCUT2D eigenvalue weighted by Crippen LogP contribution is -2.37. The van der Waals surface area contributed by atoms with Crippen LogP contribution in [0.2, 0.25) is 0 Å². The Hall–Kier alpha value is -1.80. The van der Waals surface area contributed by atoms with Crippen LogP contribution in [0.5, 0.6) is 5.75 Å². The lowest BCUT2D eigenvalue weighted by atomic mass is 10.2. The van der Waals surface area contributed by atoms with Crippen molar-refractivity contribution in [3.8, 4) is 5.75 Å². The van der Waals surface area contributed by atoms with Crippen molar-refractivity contribution in [2.75, 3.05) is 26.8 Å². The Morgan fingerprint density at radius 2 is 1.71 bits per heavy atom. The third kappa shape index (κ3) is 9.41. The average Bonchev–Trinajstić information content (AvgIpc) is 2.72. The summed E-state index contributed by atoms with van der Waals surface area (Å²) in [6, 6.07) is 18.2. The first-order chi connectivity index (χ1) is 13.3. The summed E-state index contributed by atoms with van der Waals surface area (Å²) < 4.78 is 11.1. The van der Waals surface area contributed by atoms with Gasteiger partial charge in [0.15, 0.2) is 5.96 Å². The van der Waals surface area contributed by atoms with Crippen LogP contribution in [-0.4, -0.2) is 32.8 Å². The predicted octanol–water partition coefficient (Wildman–Crippen LogP) is 4.37. The van der Waals surface area contributed by atoms with Gasteiger partial charge in [-0.3, -0.25) is 0 Å². The fraction of sp³-hybridized carbons (Fsp3) is 0.409. The Kier molecular flexibility index (Phi) is 13.1. The van der Waals surface area contributed by atoms with Crippen LogP contribution in [0.3, 0.4) is 0 Å². The molecule has 2 aromatic rings. The Bertz CT molecular complexity index is 680. The molecule has 0 aliphatic rings. The van der Waals surface area contributed by atoms with Crippen molar-refractivity contribution in [2.45, 2.75) is 32.9 Å². The first-order valence-corrected chi connectivity index (χ1v) is 9.59. The van der Waals surface area contributed by atoms with Crippen molar-refractivity contribution < 1.29 is 9.47 Å². The Morgan fingerprint density at radius 1 is 0.964 bits per heavy atom. The molecule has 0 radical (unpaired) electrons. The van der Waals surface area contributed by atoms with Crippen LogP contribution in [0.25, 0.3) is 0 Å². The molecule has 0 bridgehead atoms. The highest BCUT2D eigenvalue weighted by atomic mass is 127. The fourth-order valence-corrected chi connectivity index (χ4v) is 2.64. The van der Waals surface area contributed by atoms with E-state index in [1.165, 1.54) is 5.56 Å². The zero-order valence-corrected chi connectivity index (χ0v) is 19.1. The van der Waals surface area contributed by atoms with Gasteiger partial charge in [0, 0.05) is 25.3 Å². The van der Waals surface area contributed by atoms with Crippen molar-refractivity contribution >= 4 is 29.9 Å². The summed E-state index contributed by atoms with van der Waals surface area (Å²) in [4.78, 5) is 4.65. The second-order valence-corrected chi connectivity index (χ2v) is 6.18. The second-order valence-electron chi connectivity index (χ2n) is 6.18. The quantitative estimate of drug-likeness (QED) is 0.210. The summed E-state index contributed by atoms with van der Waals surface area (Å²) in [6.45, 7) is 5.80. The first-order valence-electron chi connectivity index (χ1n) is 9.59. The van der Waals surface area contributed by atoms with E-state index >= 15 is 0 Å². The molecular formula is C22H32IN3O2. The van der Waals surface area contributed by atoms with Gasteiger partial charge >= 0.3 is 0 Å². The normalized spacial score (nSPS) is 10.9. The summed E-state index contributed by atoms with van der Waals surface area (Å²) in [7, 11) is 1.69. The highest BCUT2D eigenvalue weighted by molar-refractivity contribution is 14.0. The van der Waals surface area contributed by atoms with E-state index in [1.807, 2.05) is 42.5 Å². The first kappa shape index (κ1) is 24.2. The van der Waals surface area contributed by atoms with Crippen molar-refractivity contribution in [2.24, 2.45) is 4.99 Å². The number of benzene rings is 2.